The van der Waals surface area contributed by atoms with Crippen molar-refractivity contribution in [3.05, 3.63) is 0 Å². The fourth-order valence-corrected chi connectivity index (χ4v) is 1.49. The number of amides is 1. The third-order valence-electron chi connectivity index (χ3n) is 2.40. The molecule has 0 rings (SSSR count). The lowest BCUT2D eigenvalue weighted by atomic mass is 10.1. The van der Waals surface area contributed by atoms with E-state index in [0.717, 1.165) is 25.8 Å². The minimum Gasteiger partial charge on any atom is -0.309 e. The molecule has 0 aliphatic carbocycles. The topological polar surface area (TPSA) is 61.6 Å². The first-order chi connectivity index (χ1) is 6.99. The maximum absolute atomic E-state index is 11.4. The first kappa shape index (κ1) is 14.3. The Morgan fingerprint density at radius 3 is 2.27 bits per heavy atom. The number of hydrazine groups is 1. The second-order valence-electron chi connectivity index (χ2n) is 4.29. The van der Waals surface area contributed by atoms with Crippen molar-refractivity contribution in [2.45, 2.75) is 25.3 Å². The van der Waals surface area contributed by atoms with Crippen LogP contribution in [0.5, 0.6) is 0 Å². The highest BCUT2D eigenvalue weighted by atomic mass is 16.2. The minimum absolute atomic E-state index is 0.107. The van der Waals surface area contributed by atoms with Crippen molar-refractivity contribution in [1.82, 2.24) is 15.2 Å². The molecule has 1 amide bonds. The van der Waals surface area contributed by atoms with Crippen molar-refractivity contribution in [3.63, 3.8) is 0 Å². The van der Waals surface area contributed by atoms with Gasteiger partial charge in [-0.3, -0.25) is 15.1 Å². The summed E-state index contributed by atoms with van der Waals surface area (Å²) >= 11 is 0. The van der Waals surface area contributed by atoms with E-state index in [1.807, 2.05) is 19.0 Å². The predicted octanol–water partition coefficient (Wildman–Crippen LogP) is -0.362. The summed E-state index contributed by atoms with van der Waals surface area (Å²) in [6.07, 6.45) is 2.99. The molecule has 0 heterocycles. The highest BCUT2D eigenvalue weighted by molar-refractivity contribution is 5.80. The van der Waals surface area contributed by atoms with Crippen molar-refractivity contribution < 1.29 is 4.79 Å². The van der Waals surface area contributed by atoms with Crippen molar-refractivity contribution >= 4 is 5.91 Å². The molecule has 0 saturated heterocycles. The summed E-state index contributed by atoms with van der Waals surface area (Å²) in [7, 11) is 7.89. The highest BCUT2D eigenvalue weighted by Crippen LogP contribution is 2.06. The molecule has 5 heteroatoms. The molecule has 90 valence electrons. The quantitative estimate of drug-likeness (QED) is 0.264. The Morgan fingerprint density at radius 1 is 1.27 bits per heavy atom. The van der Waals surface area contributed by atoms with Gasteiger partial charge in [0.1, 0.15) is 0 Å². The number of carbonyl (C=O) groups excluding carboxylic acids is 1. The predicted molar refractivity (Wildman–Crippen MR) is 62.2 cm³/mol. The highest BCUT2D eigenvalue weighted by Gasteiger charge is 2.18. The fraction of sp³-hybridized carbons (Fsp3) is 0.900. The molecule has 0 saturated carbocycles. The van der Waals surface area contributed by atoms with Crippen LogP contribution in [0, 0.1) is 0 Å². The molecule has 3 N–H and O–H groups in total. The van der Waals surface area contributed by atoms with E-state index in [4.69, 9.17) is 5.84 Å². The van der Waals surface area contributed by atoms with Crippen LogP contribution >= 0.6 is 0 Å². The SMILES string of the molecule is CN(C)CCCC[C@@H](C(=O)NN)N(C)C. The standard InChI is InChI=1S/C10H24N4O/c1-13(2)8-6-5-7-9(14(3)4)10(15)12-11/h9H,5-8,11H2,1-4H3,(H,12,15)/t9-/m0/s1. The lowest BCUT2D eigenvalue weighted by Crippen LogP contribution is -2.46. The second-order valence-corrected chi connectivity index (χ2v) is 4.29. The zero-order valence-electron chi connectivity index (χ0n) is 10.3. The van der Waals surface area contributed by atoms with E-state index >= 15 is 0 Å². The molecule has 5 nitrogen and oxygen atoms in total. The van der Waals surface area contributed by atoms with Crippen molar-refractivity contribution in [1.29, 1.82) is 0 Å². The van der Waals surface area contributed by atoms with E-state index in [-0.39, 0.29) is 11.9 Å². The van der Waals surface area contributed by atoms with Crippen LogP contribution in [0.25, 0.3) is 0 Å². The van der Waals surface area contributed by atoms with Crippen LogP contribution in [-0.4, -0.2) is 56.5 Å². The van der Waals surface area contributed by atoms with Crippen LogP contribution < -0.4 is 11.3 Å². The smallest absolute Gasteiger partial charge is 0.251 e. The molecular weight excluding hydrogens is 192 g/mol. The molecule has 0 spiro atoms. The normalized spacial score (nSPS) is 13.3. The third kappa shape index (κ3) is 6.43. The average molecular weight is 216 g/mol. The monoisotopic (exact) mass is 216 g/mol. The molecule has 0 aliphatic heterocycles. The zero-order valence-corrected chi connectivity index (χ0v) is 10.3. The molecule has 0 aromatic heterocycles. The molecule has 0 aromatic carbocycles. The minimum atomic E-state index is -0.114. The van der Waals surface area contributed by atoms with Crippen molar-refractivity contribution in [3.8, 4) is 0 Å². The van der Waals surface area contributed by atoms with Crippen LogP contribution in [-0.2, 0) is 4.79 Å². The second kappa shape index (κ2) is 7.62. The van der Waals surface area contributed by atoms with Gasteiger partial charge in [-0.2, -0.15) is 0 Å². The Morgan fingerprint density at radius 2 is 1.87 bits per heavy atom. The van der Waals surface area contributed by atoms with Gasteiger partial charge in [0.25, 0.3) is 5.91 Å². The Kier molecular flexibility index (Phi) is 7.29. The maximum Gasteiger partial charge on any atom is 0.251 e. The summed E-state index contributed by atoms with van der Waals surface area (Å²) in [5.41, 5.74) is 2.21. The van der Waals surface area contributed by atoms with E-state index < -0.39 is 0 Å². The molecule has 1 atom stereocenters. The molecule has 0 aromatic rings. The summed E-state index contributed by atoms with van der Waals surface area (Å²) in [4.78, 5) is 15.4. The summed E-state index contributed by atoms with van der Waals surface area (Å²) in [5.74, 6) is 5.02. The number of nitrogens with one attached hydrogen (secondary N) is 1. The van der Waals surface area contributed by atoms with Gasteiger partial charge in [-0.05, 0) is 47.6 Å². The number of rotatable bonds is 7. The number of nitrogens with zero attached hydrogens (tertiary/aromatic N) is 2. The van der Waals surface area contributed by atoms with Gasteiger partial charge < -0.3 is 4.90 Å². The maximum atomic E-state index is 11.4. The van der Waals surface area contributed by atoms with Gasteiger partial charge in [-0.15, -0.1) is 0 Å². The number of nitrogens with two attached hydrogens (primary N) is 1. The lowest BCUT2D eigenvalue weighted by Gasteiger charge is -2.22. The molecule has 0 fully saturated rings. The van der Waals surface area contributed by atoms with E-state index in [1.165, 1.54) is 0 Å². The first-order valence-corrected chi connectivity index (χ1v) is 5.30. The average Bonchev–Trinajstić information content (AvgIpc) is 2.15. The largest absolute Gasteiger partial charge is 0.309 e. The van der Waals surface area contributed by atoms with Crippen LogP contribution in [0.3, 0.4) is 0 Å². The van der Waals surface area contributed by atoms with Crippen LogP contribution in [0.1, 0.15) is 19.3 Å². The molecule has 0 unspecified atom stereocenters. The van der Waals surface area contributed by atoms with Crippen LogP contribution in [0.15, 0.2) is 0 Å². The van der Waals surface area contributed by atoms with Crippen LogP contribution in [0.4, 0.5) is 0 Å². The van der Waals surface area contributed by atoms with Gasteiger partial charge >= 0.3 is 0 Å². The van der Waals surface area contributed by atoms with E-state index in [9.17, 15) is 4.79 Å². The van der Waals surface area contributed by atoms with E-state index in [0.29, 0.717) is 0 Å². The number of hydrogen-bond acceptors (Lipinski definition) is 4. The summed E-state index contributed by atoms with van der Waals surface area (Å²) in [5, 5.41) is 0. The van der Waals surface area contributed by atoms with Crippen LogP contribution in [0.2, 0.25) is 0 Å². The van der Waals surface area contributed by atoms with E-state index in [2.05, 4.69) is 24.4 Å². The molecule has 0 radical (unpaired) electrons. The summed E-state index contributed by atoms with van der Waals surface area (Å²) in [6, 6.07) is -0.114. The molecule has 0 aliphatic rings. The third-order valence-corrected chi connectivity index (χ3v) is 2.40. The number of likely N-dealkylation sites (N-methyl/N-ethyl adjacent to an activating group) is 1. The fourth-order valence-electron chi connectivity index (χ4n) is 1.49. The summed E-state index contributed by atoms with van der Waals surface area (Å²) < 4.78 is 0. The molecular formula is C10H24N4O. The van der Waals surface area contributed by atoms with E-state index in [1.54, 1.807) is 0 Å². The Hall–Kier alpha value is -0.650. The number of carbonyl (C=O) groups is 1. The van der Waals surface area contributed by atoms with Gasteiger partial charge in [0, 0.05) is 0 Å². The Balaban J connectivity index is 3.82. The van der Waals surface area contributed by atoms with Gasteiger partial charge in [0.05, 0.1) is 6.04 Å². The zero-order chi connectivity index (χ0) is 11.8. The van der Waals surface area contributed by atoms with Crippen molar-refractivity contribution in [2.75, 3.05) is 34.7 Å². The van der Waals surface area contributed by atoms with Gasteiger partial charge in [0.15, 0.2) is 0 Å². The summed E-state index contributed by atoms with van der Waals surface area (Å²) in [6.45, 7) is 1.06. The van der Waals surface area contributed by atoms with Crippen molar-refractivity contribution in [2.24, 2.45) is 5.84 Å². The first-order valence-electron chi connectivity index (χ1n) is 5.30. The Labute approximate surface area is 92.6 Å². The molecule has 15 heavy (non-hydrogen) atoms. The number of hydrogen-bond donors (Lipinski definition) is 2. The van der Waals surface area contributed by atoms with Gasteiger partial charge in [-0.1, -0.05) is 6.42 Å². The number of unbranched alkanes of at least 4 members (excludes halogenated alkanes) is 1. The lowest BCUT2D eigenvalue weighted by molar-refractivity contribution is -0.125. The Bertz CT molecular complexity index is 182. The van der Waals surface area contributed by atoms with Gasteiger partial charge in [-0.25, -0.2) is 5.84 Å². The van der Waals surface area contributed by atoms with Gasteiger partial charge in [0.2, 0.25) is 0 Å². The molecule has 0 bridgehead atoms.